The molecule has 3 atom stereocenters. The number of hydrogen-bond acceptors (Lipinski definition) is 7. The molecule has 0 bridgehead atoms. The molecule has 2 N–H and O–H groups in total. The van der Waals surface area contributed by atoms with Gasteiger partial charge < -0.3 is 9.64 Å². The average Bonchev–Trinajstić information content (AvgIpc) is 3.32. The van der Waals surface area contributed by atoms with Crippen molar-refractivity contribution >= 4 is 32.2 Å². The molecule has 0 radical (unpaired) electrons. The summed E-state index contributed by atoms with van der Waals surface area (Å²) in [6.07, 6.45) is 2.74. The first-order valence-corrected chi connectivity index (χ1v) is 13.0. The highest BCUT2D eigenvalue weighted by molar-refractivity contribution is 7.93. The predicted octanol–water partition coefficient (Wildman–Crippen LogP) is 1.88. The third-order valence-corrected chi connectivity index (χ3v) is 9.31. The van der Waals surface area contributed by atoms with Gasteiger partial charge in [-0.15, -0.1) is 0 Å². The van der Waals surface area contributed by atoms with Crippen LogP contribution in [0.25, 0.3) is 0 Å². The van der Waals surface area contributed by atoms with E-state index in [0.29, 0.717) is 66.0 Å². The van der Waals surface area contributed by atoms with Crippen LogP contribution in [0.2, 0.25) is 0 Å². The summed E-state index contributed by atoms with van der Waals surface area (Å²) < 4.78 is 43.5. The van der Waals surface area contributed by atoms with E-state index in [1.165, 1.54) is 6.26 Å². The van der Waals surface area contributed by atoms with Crippen molar-refractivity contribution in [3.63, 3.8) is 0 Å². The third kappa shape index (κ3) is 2.94. The summed E-state index contributed by atoms with van der Waals surface area (Å²) in [5.41, 5.74) is 3.12. The summed E-state index contributed by atoms with van der Waals surface area (Å²) in [6, 6.07) is 3.85. The molecule has 3 aliphatic rings. The van der Waals surface area contributed by atoms with Gasteiger partial charge in [0, 0.05) is 18.5 Å². The van der Waals surface area contributed by atoms with Gasteiger partial charge in [0.2, 0.25) is 0 Å². The number of morpholine rings is 1. The molecule has 30 heavy (non-hydrogen) atoms. The van der Waals surface area contributed by atoms with Crippen LogP contribution in [0.4, 0.5) is 5.82 Å². The van der Waals surface area contributed by atoms with Crippen LogP contribution in [0, 0.1) is 11.7 Å². The number of ether oxygens (including phenoxy) is 1. The first-order valence-electron chi connectivity index (χ1n) is 9.88. The number of nitrogens with one attached hydrogen (secondary N) is 2. The van der Waals surface area contributed by atoms with Gasteiger partial charge in [-0.05, 0) is 44.4 Å². The van der Waals surface area contributed by atoms with Gasteiger partial charge in [0.15, 0.2) is 11.0 Å². The zero-order valence-electron chi connectivity index (χ0n) is 17.1. The first-order chi connectivity index (χ1) is 14.2. The zero-order valence-corrected chi connectivity index (χ0v) is 18.7. The van der Waals surface area contributed by atoms with Crippen LogP contribution < -0.4 is 4.90 Å². The van der Waals surface area contributed by atoms with E-state index in [0.717, 1.165) is 5.69 Å². The topological polar surface area (TPSA) is 124 Å². The molecule has 1 aliphatic carbocycles. The van der Waals surface area contributed by atoms with Gasteiger partial charge in [0.1, 0.15) is 22.9 Å². The first kappa shape index (κ1) is 19.8. The minimum Gasteiger partial charge on any atom is -0.377 e. The molecule has 5 rings (SSSR count). The lowest BCUT2D eigenvalue weighted by Gasteiger charge is -2.35. The summed E-state index contributed by atoms with van der Waals surface area (Å²) in [4.78, 5) is 7.50. The van der Waals surface area contributed by atoms with Gasteiger partial charge in [-0.3, -0.25) is 9.88 Å². The lowest BCUT2D eigenvalue weighted by molar-refractivity contribution is 0.0985. The van der Waals surface area contributed by atoms with E-state index >= 15 is 0 Å². The lowest BCUT2D eigenvalue weighted by atomic mass is 10.1. The van der Waals surface area contributed by atoms with Gasteiger partial charge in [0.25, 0.3) is 0 Å². The fourth-order valence-corrected chi connectivity index (χ4v) is 6.99. The Hall–Kier alpha value is -2.11. The average molecular weight is 449 g/mol. The minimum absolute atomic E-state index is 0.120. The van der Waals surface area contributed by atoms with Crippen molar-refractivity contribution in [2.24, 2.45) is 4.40 Å². The highest BCUT2D eigenvalue weighted by Gasteiger charge is 2.54. The van der Waals surface area contributed by atoms with Crippen molar-refractivity contribution in [2.75, 3.05) is 30.9 Å². The van der Waals surface area contributed by atoms with Crippen molar-refractivity contribution in [1.29, 1.82) is 4.78 Å². The van der Waals surface area contributed by atoms with Crippen LogP contribution in [-0.2, 0) is 30.2 Å². The Kier molecular flexibility index (Phi) is 4.42. The predicted molar refractivity (Wildman–Crippen MR) is 115 cm³/mol. The smallest absolute Gasteiger partial charge is 0.175 e. The number of fused-ring (bicyclic) bond motifs is 1. The fourth-order valence-electron chi connectivity index (χ4n) is 4.27. The van der Waals surface area contributed by atoms with E-state index in [4.69, 9.17) is 14.5 Å². The summed E-state index contributed by atoms with van der Waals surface area (Å²) >= 11 is 0. The van der Waals surface area contributed by atoms with Gasteiger partial charge in [-0.25, -0.2) is 13.4 Å². The van der Waals surface area contributed by atoms with E-state index in [9.17, 15) is 8.42 Å². The molecule has 2 unspecified atom stereocenters. The largest absolute Gasteiger partial charge is 0.377 e. The van der Waals surface area contributed by atoms with Crippen LogP contribution in [0.3, 0.4) is 0 Å². The molecule has 2 aromatic heterocycles. The van der Waals surface area contributed by atoms with Crippen molar-refractivity contribution in [1.82, 2.24) is 15.2 Å². The van der Waals surface area contributed by atoms with Crippen molar-refractivity contribution < 1.29 is 13.2 Å². The quantitative estimate of drug-likeness (QED) is 0.736. The third-order valence-electron chi connectivity index (χ3n) is 6.08. The molecule has 1 saturated heterocycles. The van der Waals surface area contributed by atoms with Gasteiger partial charge in [-0.1, -0.05) is 0 Å². The van der Waals surface area contributed by atoms with E-state index in [1.807, 2.05) is 19.1 Å². The molecule has 1 saturated carbocycles. The van der Waals surface area contributed by atoms with Crippen LogP contribution in [0.15, 0.2) is 21.4 Å². The molecule has 160 valence electrons. The lowest BCUT2D eigenvalue weighted by Crippen LogP contribution is -2.44. The Labute approximate surface area is 177 Å². The number of hydrogen-bond donors (Lipinski definition) is 2. The van der Waals surface area contributed by atoms with E-state index in [-0.39, 0.29) is 6.04 Å². The van der Waals surface area contributed by atoms with Crippen molar-refractivity contribution in [3.05, 3.63) is 34.8 Å². The number of rotatable bonds is 4. The van der Waals surface area contributed by atoms with Gasteiger partial charge in [-0.2, -0.15) is 9.50 Å². The Balaban J connectivity index is 1.74. The maximum Gasteiger partial charge on any atom is 0.175 e. The second-order valence-electron chi connectivity index (χ2n) is 8.29. The summed E-state index contributed by atoms with van der Waals surface area (Å²) in [7, 11) is -4.58. The molecule has 0 amide bonds. The summed E-state index contributed by atoms with van der Waals surface area (Å²) in [5.74, 6) is 0.716. The maximum atomic E-state index is 13.1. The molecule has 4 heterocycles. The summed E-state index contributed by atoms with van der Waals surface area (Å²) in [5, 5.41) is 7.18. The molecule has 0 spiro atoms. The highest BCUT2D eigenvalue weighted by atomic mass is 32.2. The number of nitrogens with zero attached hydrogens (tertiary/aromatic N) is 4. The second kappa shape index (κ2) is 6.69. The number of pyridine rings is 1. The summed E-state index contributed by atoms with van der Waals surface area (Å²) in [6.45, 7) is 5.82. The maximum absolute atomic E-state index is 13.1. The normalized spacial score (nSPS) is 26.8. The van der Waals surface area contributed by atoms with Crippen LogP contribution in [-0.4, -0.2) is 61.4 Å². The minimum atomic E-state index is -2.91. The molecule has 11 heteroatoms. The molecule has 0 aromatic carbocycles. The van der Waals surface area contributed by atoms with Crippen molar-refractivity contribution in [3.8, 4) is 0 Å². The molecule has 2 aromatic rings. The standard InChI is InChI=1S/C19H24N6O3S2/c1-11-8-14(23-22-11)16-17-18(29(26)24-16)13(19(4-5-19)30(3,20)27)9-15(21-17)25-6-7-28-10-12(25)2/h8-9,12,20H,4-7,10H2,1-3H3,(H,22,23)/t12-,29?,30?/m1/s1. The van der Waals surface area contributed by atoms with Gasteiger partial charge >= 0.3 is 0 Å². The fraction of sp³-hybridized carbons (Fsp3) is 0.526. The number of aromatic nitrogens is 3. The Morgan fingerprint density at radius 2 is 2.17 bits per heavy atom. The Morgan fingerprint density at radius 1 is 1.40 bits per heavy atom. The number of H-pyrrole nitrogens is 1. The van der Waals surface area contributed by atoms with Gasteiger partial charge in [0.05, 0.1) is 38.6 Å². The molecular formula is C19H24N6O3S2. The van der Waals surface area contributed by atoms with Crippen LogP contribution in [0.5, 0.6) is 0 Å². The van der Waals surface area contributed by atoms with Crippen molar-refractivity contribution in [2.45, 2.75) is 42.4 Å². The molecule has 2 fully saturated rings. The Bertz CT molecular complexity index is 1200. The number of anilines is 1. The zero-order chi connectivity index (χ0) is 21.3. The molecule has 2 aliphatic heterocycles. The SMILES string of the molecule is Cc1cc(C2=NS(=O)c3c(C4(S(C)(=N)=O)CC4)cc(N4CCOC[C@H]4C)nc32)n[nH]1. The van der Waals surface area contributed by atoms with E-state index in [2.05, 4.69) is 26.4 Å². The molecular weight excluding hydrogens is 424 g/mol. The monoisotopic (exact) mass is 448 g/mol. The molecule has 9 nitrogen and oxygen atoms in total. The van der Waals surface area contributed by atoms with E-state index in [1.54, 1.807) is 0 Å². The van der Waals surface area contributed by atoms with E-state index < -0.39 is 25.5 Å². The number of aryl methyl sites for hydroxylation is 1. The number of aromatic amines is 1. The second-order valence-corrected chi connectivity index (χ2v) is 11.8. The van der Waals surface area contributed by atoms with Crippen LogP contribution in [0.1, 0.15) is 42.4 Å². The Morgan fingerprint density at radius 3 is 2.77 bits per heavy atom. The van der Waals surface area contributed by atoms with Crippen LogP contribution >= 0.6 is 0 Å². The highest BCUT2D eigenvalue weighted by Crippen LogP contribution is 2.55.